The van der Waals surface area contributed by atoms with Crippen molar-refractivity contribution in [2.24, 2.45) is 0 Å². The lowest BCUT2D eigenvalue weighted by molar-refractivity contribution is 0.559. The van der Waals surface area contributed by atoms with Crippen LogP contribution in [-0.2, 0) is 0 Å². The van der Waals surface area contributed by atoms with Crippen molar-refractivity contribution < 1.29 is 0 Å². The van der Waals surface area contributed by atoms with E-state index in [0.29, 0.717) is 6.04 Å². The Morgan fingerprint density at radius 3 is 3.07 bits per heavy atom. The van der Waals surface area contributed by atoms with Gasteiger partial charge in [0.25, 0.3) is 0 Å². The van der Waals surface area contributed by atoms with E-state index in [9.17, 15) is 0 Å². The molecule has 1 N–H and O–H groups in total. The SMILES string of the molecule is C#CCCCNC(C)c1nc(C)cs1. The van der Waals surface area contributed by atoms with Gasteiger partial charge in [0.2, 0.25) is 0 Å². The Hall–Kier alpha value is -0.850. The van der Waals surface area contributed by atoms with E-state index in [1.54, 1.807) is 11.3 Å². The van der Waals surface area contributed by atoms with Crippen LogP contribution in [0.4, 0.5) is 0 Å². The maximum Gasteiger partial charge on any atom is 0.110 e. The fourth-order valence-corrected chi connectivity index (χ4v) is 2.00. The van der Waals surface area contributed by atoms with Crippen molar-refractivity contribution in [3.8, 4) is 12.3 Å². The molecule has 0 radical (unpaired) electrons. The number of aromatic nitrogens is 1. The van der Waals surface area contributed by atoms with Crippen LogP contribution in [-0.4, -0.2) is 11.5 Å². The van der Waals surface area contributed by atoms with E-state index in [-0.39, 0.29) is 0 Å². The minimum absolute atomic E-state index is 0.339. The molecule has 1 rings (SSSR count). The second-order valence-corrected chi connectivity index (χ2v) is 4.20. The zero-order valence-corrected chi connectivity index (χ0v) is 9.53. The van der Waals surface area contributed by atoms with Crippen molar-refractivity contribution in [2.45, 2.75) is 32.7 Å². The van der Waals surface area contributed by atoms with Gasteiger partial charge in [-0.1, -0.05) is 0 Å². The summed E-state index contributed by atoms with van der Waals surface area (Å²) in [6.07, 6.45) is 7.05. The van der Waals surface area contributed by atoms with Gasteiger partial charge in [-0.2, -0.15) is 0 Å². The molecule has 0 aliphatic carbocycles. The lowest BCUT2D eigenvalue weighted by atomic mass is 10.3. The number of thiazole rings is 1. The van der Waals surface area contributed by atoms with Gasteiger partial charge in [-0.05, 0) is 26.8 Å². The van der Waals surface area contributed by atoms with Crippen LogP contribution in [0.3, 0.4) is 0 Å². The Labute approximate surface area is 89.8 Å². The average molecular weight is 208 g/mol. The van der Waals surface area contributed by atoms with Crippen molar-refractivity contribution in [1.29, 1.82) is 0 Å². The largest absolute Gasteiger partial charge is 0.308 e. The summed E-state index contributed by atoms with van der Waals surface area (Å²) in [5, 5.41) is 6.63. The van der Waals surface area contributed by atoms with Crippen molar-refractivity contribution in [1.82, 2.24) is 10.3 Å². The maximum absolute atomic E-state index is 5.17. The summed E-state index contributed by atoms with van der Waals surface area (Å²) in [4.78, 5) is 4.43. The molecule has 0 saturated carbocycles. The molecule has 1 atom stereocenters. The van der Waals surface area contributed by atoms with Crippen molar-refractivity contribution in [3.63, 3.8) is 0 Å². The van der Waals surface area contributed by atoms with Crippen LogP contribution in [0.25, 0.3) is 0 Å². The molecule has 1 aromatic rings. The summed E-state index contributed by atoms with van der Waals surface area (Å²) in [5.41, 5.74) is 1.10. The summed E-state index contributed by atoms with van der Waals surface area (Å²) in [7, 11) is 0. The lowest BCUT2D eigenvalue weighted by Crippen LogP contribution is -2.19. The standard InChI is InChI=1S/C11H16N2S/c1-4-5-6-7-12-10(3)11-13-9(2)8-14-11/h1,8,10,12H,5-7H2,2-3H3. The number of aryl methyl sites for hydroxylation is 1. The molecule has 0 amide bonds. The first-order valence-corrected chi connectivity index (χ1v) is 5.71. The highest BCUT2D eigenvalue weighted by Gasteiger charge is 2.07. The van der Waals surface area contributed by atoms with E-state index in [2.05, 4.69) is 28.5 Å². The summed E-state index contributed by atoms with van der Waals surface area (Å²) in [5.74, 6) is 2.63. The second kappa shape index (κ2) is 5.79. The van der Waals surface area contributed by atoms with Gasteiger partial charge >= 0.3 is 0 Å². The van der Waals surface area contributed by atoms with Gasteiger partial charge in [0.05, 0.1) is 6.04 Å². The lowest BCUT2D eigenvalue weighted by Gasteiger charge is -2.09. The Balaban J connectivity index is 2.29. The normalized spacial score (nSPS) is 12.4. The van der Waals surface area contributed by atoms with Crippen LogP contribution in [0, 0.1) is 19.3 Å². The predicted molar refractivity (Wildman–Crippen MR) is 61.3 cm³/mol. The molecule has 76 valence electrons. The molecular weight excluding hydrogens is 192 g/mol. The minimum Gasteiger partial charge on any atom is -0.308 e. The van der Waals surface area contributed by atoms with Crippen molar-refractivity contribution in [3.05, 3.63) is 16.1 Å². The number of rotatable bonds is 5. The van der Waals surface area contributed by atoms with E-state index in [1.807, 2.05) is 6.92 Å². The highest BCUT2D eigenvalue weighted by Crippen LogP contribution is 2.17. The van der Waals surface area contributed by atoms with Gasteiger partial charge < -0.3 is 5.32 Å². The van der Waals surface area contributed by atoms with Gasteiger partial charge in [0, 0.05) is 17.5 Å². The fraction of sp³-hybridized carbons (Fsp3) is 0.545. The summed E-state index contributed by atoms with van der Waals surface area (Å²) < 4.78 is 0. The average Bonchev–Trinajstić information content (AvgIpc) is 2.59. The molecule has 0 fully saturated rings. The summed E-state index contributed by atoms with van der Waals surface area (Å²) in [6.45, 7) is 5.11. The Morgan fingerprint density at radius 2 is 2.50 bits per heavy atom. The first kappa shape index (κ1) is 11.2. The number of hydrogen-bond acceptors (Lipinski definition) is 3. The molecule has 0 saturated heterocycles. The van der Waals surface area contributed by atoms with E-state index >= 15 is 0 Å². The van der Waals surface area contributed by atoms with Crippen LogP contribution in [0.1, 0.15) is 36.5 Å². The number of nitrogens with zero attached hydrogens (tertiary/aromatic N) is 1. The van der Waals surface area contributed by atoms with E-state index in [4.69, 9.17) is 6.42 Å². The van der Waals surface area contributed by atoms with Crippen molar-refractivity contribution in [2.75, 3.05) is 6.54 Å². The quantitative estimate of drug-likeness (QED) is 0.594. The minimum atomic E-state index is 0.339. The van der Waals surface area contributed by atoms with Crippen LogP contribution in [0.2, 0.25) is 0 Å². The Bertz CT molecular complexity index is 311. The monoisotopic (exact) mass is 208 g/mol. The molecule has 0 aliphatic heterocycles. The number of terminal acetylenes is 1. The van der Waals surface area contributed by atoms with Crippen LogP contribution in [0.15, 0.2) is 5.38 Å². The molecule has 1 aromatic heterocycles. The van der Waals surface area contributed by atoms with Crippen molar-refractivity contribution >= 4 is 11.3 Å². The van der Waals surface area contributed by atoms with Gasteiger partial charge in [0.15, 0.2) is 0 Å². The molecule has 1 unspecified atom stereocenters. The van der Waals surface area contributed by atoms with Gasteiger partial charge in [0.1, 0.15) is 5.01 Å². The highest BCUT2D eigenvalue weighted by molar-refractivity contribution is 7.09. The molecule has 0 bridgehead atoms. The zero-order chi connectivity index (χ0) is 10.4. The highest BCUT2D eigenvalue weighted by atomic mass is 32.1. The third-order valence-corrected chi connectivity index (χ3v) is 3.10. The molecule has 2 nitrogen and oxygen atoms in total. The van der Waals surface area contributed by atoms with Gasteiger partial charge in [-0.25, -0.2) is 4.98 Å². The van der Waals surface area contributed by atoms with Crippen LogP contribution in [0.5, 0.6) is 0 Å². The Morgan fingerprint density at radius 1 is 1.71 bits per heavy atom. The third kappa shape index (κ3) is 3.49. The smallest absolute Gasteiger partial charge is 0.110 e. The van der Waals surface area contributed by atoms with Gasteiger partial charge in [-0.15, -0.1) is 23.7 Å². The number of nitrogens with one attached hydrogen (secondary N) is 1. The second-order valence-electron chi connectivity index (χ2n) is 3.31. The van der Waals surface area contributed by atoms with E-state index in [0.717, 1.165) is 30.1 Å². The maximum atomic E-state index is 5.17. The van der Waals surface area contributed by atoms with Gasteiger partial charge in [-0.3, -0.25) is 0 Å². The molecule has 14 heavy (non-hydrogen) atoms. The molecule has 0 spiro atoms. The summed E-state index contributed by atoms with van der Waals surface area (Å²) >= 11 is 1.71. The number of unbranched alkanes of at least 4 members (excludes halogenated alkanes) is 1. The molecule has 0 aliphatic rings. The first-order chi connectivity index (χ1) is 6.74. The predicted octanol–water partition coefficient (Wildman–Crippen LogP) is 2.52. The fourth-order valence-electron chi connectivity index (χ4n) is 1.17. The molecule has 1 heterocycles. The zero-order valence-electron chi connectivity index (χ0n) is 8.71. The third-order valence-electron chi connectivity index (χ3n) is 1.96. The van der Waals surface area contributed by atoms with E-state index < -0.39 is 0 Å². The van der Waals surface area contributed by atoms with Crippen LogP contribution < -0.4 is 5.32 Å². The van der Waals surface area contributed by atoms with Crippen LogP contribution >= 0.6 is 11.3 Å². The topological polar surface area (TPSA) is 24.9 Å². The first-order valence-electron chi connectivity index (χ1n) is 4.83. The molecule has 0 aromatic carbocycles. The number of hydrogen-bond donors (Lipinski definition) is 1. The molecular formula is C11H16N2S. The van der Waals surface area contributed by atoms with E-state index in [1.165, 1.54) is 0 Å². The summed E-state index contributed by atoms with van der Waals surface area (Å²) in [6, 6.07) is 0.339. The molecule has 3 heteroatoms. The Kier molecular flexibility index (Phi) is 4.64.